The summed E-state index contributed by atoms with van der Waals surface area (Å²) in [7, 11) is 1.79. The summed E-state index contributed by atoms with van der Waals surface area (Å²) in [6, 6.07) is 0. The molecule has 0 unspecified atom stereocenters. The second-order valence-corrected chi connectivity index (χ2v) is 4.57. The van der Waals surface area contributed by atoms with Crippen molar-refractivity contribution in [2.45, 2.75) is 19.8 Å². The van der Waals surface area contributed by atoms with Gasteiger partial charge >= 0.3 is 0 Å². The van der Waals surface area contributed by atoms with Crippen LogP contribution in [0.4, 0.5) is 0 Å². The van der Waals surface area contributed by atoms with Crippen LogP contribution in [-0.4, -0.2) is 19.9 Å². The first-order chi connectivity index (χ1) is 8.11. The van der Waals surface area contributed by atoms with Crippen molar-refractivity contribution < 1.29 is 0 Å². The lowest BCUT2D eigenvalue weighted by Crippen LogP contribution is -1.99. The van der Waals surface area contributed by atoms with Crippen molar-refractivity contribution in [2.75, 3.05) is 0 Å². The third-order valence-corrected chi connectivity index (χ3v) is 3.11. The zero-order valence-electron chi connectivity index (χ0n) is 9.61. The van der Waals surface area contributed by atoms with Crippen LogP contribution in [0.5, 0.6) is 0 Å². The molecule has 1 aromatic rings. The lowest BCUT2D eigenvalue weighted by atomic mass is 10.1. The van der Waals surface area contributed by atoms with Crippen LogP contribution in [-0.2, 0) is 7.05 Å². The monoisotopic (exact) mass is 270 g/mol. The molecule has 0 spiro atoms. The van der Waals surface area contributed by atoms with Gasteiger partial charge in [-0.05, 0) is 12.0 Å². The van der Waals surface area contributed by atoms with Gasteiger partial charge in [0.05, 0.1) is 5.57 Å². The Bertz CT molecular complexity index is 525. The van der Waals surface area contributed by atoms with Crippen molar-refractivity contribution in [2.24, 2.45) is 12.0 Å². The highest BCUT2D eigenvalue weighted by atomic mass is 35.5. The van der Waals surface area contributed by atoms with Crippen molar-refractivity contribution in [3.8, 4) is 0 Å². The summed E-state index contributed by atoms with van der Waals surface area (Å²) in [5.41, 5.74) is 1.76. The van der Waals surface area contributed by atoms with E-state index in [0.717, 1.165) is 12.0 Å². The van der Waals surface area contributed by atoms with E-state index < -0.39 is 0 Å². The minimum atomic E-state index is 0.338. The van der Waals surface area contributed by atoms with Gasteiger partial charge in [0.15, 0.2) is 5.82 Å². The third-order valence-electron chi connectivity index (χ3n) is 2.50. The first-order valence-corrected chi connectivity index (χ1v) is 6.03. The number of aryl methyl sites for hydroxylation is 1. The van der Waals surface area contributed by atoms with E-state index in [-0.39, 0.29) is 0 Å². The Labute approximate surface area is 110 Å². The lowest BCUT2D eigenvalue weighted by Gasteiger charge is -2.03. The van der Waals surface area contributed by atoms with E-state index in [4.69, 9.17) is 23.2 Å². The fraction of sp³-hybridized carbons (Fsp3) is 0.364. The van der Waals surface area contributed by atoms with E-state index >= 15 is 0 Å². The SMILES string of the molecule is CCC1=CN=C(Cl)C(c2ncn(C)n2)=C(Cl)C1. The van der Waals surface area contributed by atoms with Crippen molar-refractivity contribution in [1.82, 2.24) is 14.8 Å². The Kier molecular flexibility index (Phi) is 3.64. The van der Waals surface area contributed by atoms with Gasteiger partial charge in [0, 0.05) is 24.7 Å². The minimum absolute atomic E-state index is 0.338. The Balaban J connectivity index is 2.46. The third kappa shape index (κ3) is 2.58. The largest absolute Gasteiger partial charge is 0.255 e. The lowest BCUT2D eigenvalue weighted by molar-refractivity contribution is 0.762. The number of rotatable bonds is 2. The van der Waals surface area contributed by atoms with Gasteiger partial charge in [-0.15, -0.1) is 0 Å². The smallest absolute Gasteiger partial charge is 0.185 e. The second-order valence-electron chi connectivity index (χ2n) is 3.76. The summed E-state index contributed by atoms with van der Waals surface area (Å²) < 4.78 is 1.61. The van der Waals surface area contributed by atoms with Gasteiger partial charge in [-0.25, -0.2) is 9.98 Å². The Morgan fingerprint density at radius 1 is 1.41 bits per heavy atom. The maximum Gasteiger partial charge on any atom is 0.185 e. The van der Waals surface area contributed by atoms with Crippen LogP contribution in [0.2, 0.25) is 0 Å². The Hall–Kier alpha value is -1.13. The maximum atomic E-state index is 6.28. The minimum Gasteiger partial charge on any atom is -0.255 e. The molecule has 0 fully saturated rings. The van der Waals surface area contributed by atoms with Crippen LogP contribution in [0.15, 0.2) is 28.1 Å². The van der Waals surface area contributed by atoms with Gasteiger partial charge in [0.2, 0.25) is 0 Å². The number of aromatic nitrogens is 3. The van der Waals surface area contributed by atoms with Gasteiger partial charge < -0.3 is 0 Å². The topological polar surface area (TPSA) is 43.1 Å². The van der Waals surface area contributed by atoms with Crippen molar-refractivity contribution >= 4 is 33.9 Å². The van der Waals surface area contributed by atoms with Crippen LogP contribution >= 0.6 is 23.2 Å². The van der Waals surface area contributed by atoms with E-state index in [9.17, 15) is 0 Å². The van der Waals surface area contributed by atoms with Gasteiger partial charge in [-0.1, -0.05) is 30.1 Å². The molecule has 0 amide bonds. The highest BCUT2D eigenvalue weighted by Crippen LogP contribution is 2.30. The standard InChI is InChI=1S/C11H12Cl2N4/c1-3-7-4-8(12)9(10(13)14-5-7)11-15-6-17(2)16-11/h5-6H,3-4H2,1-2H3. The first-order valence-electron chi connectivity index (χ1n) is 5.28. The predicted octanol–water partition coefficient (Wildman–Crippen LogP) is 3.10. The summed E-state index contributed by atoms with van der Waals surface area (Å²) in [5.74, 6) is 0.511. The molecular weight excluding hydrogens is 259 g/mol. The van der Waals surface area contributed by atoms with Gasteiger partial charge in [-0.2, -0.15) is 5.10 Å². The van der Waals surface area contributed by atoms with Crippen molar-refractivity contribution in [1.29, 1.82) is 0 Å². The molecule has 2 rings (SSSR count). The summed E-state index contributed by atoms with van der Waals surface area (Å²) in [5, 5.41) is 5.17. The van der Waals surface area contributed by atoms with Gasteiger partial charge in [0.1, 0.15) is 11.5 Å². The van der Waals surface area contributed by atoms with E-state index in [0.29, 0.717) is 28.0 Å². The van der Waals surface area contributed by atoms with E-state index in [1.165, 1.54) is 0 Å². The molecule has 2 heterocycles. The molecule has 90 valence electrons. The molecule has 0 saturated heterocycles. The summed E-state index contributed by atoms with van der Waals surface area (Å²) in [4.78, 5) is 8.34. The number of allylic oxidation sites excluding steroid dienone is 3. The van der Waals surface area contributed by atoms with E-state index in [2.05, 4.69) is 22.0 Å². The molecule has 1 aliphatic rings. The predicted molar refractivity (Wildman–Crippen MR) is 70.1 cm³/mol. The van der Waals surface area contributed by atoms with Crippen LogP contribution < -0.4 is 0 Å². The van der Waals surface area contributed by atoms with Crippen molar-refractivity contribution in [3.05, 3.63) is 29.0 Å². The summed E-state index contributed by atoms with van der Waals surface area (Å²) >= 11 is 12.4. The molecule has 0 aliphatic carbocycles. The van der Waals surface area contributed by atoms with E-state index in [1.807, 2.05) is 0 Å². The van der Waals surface area contributed by atoms with Crippen LogP contribution in [0, 0.1) is 0 Å². The highest BCUT2D eigenvalue weighted by molar-refractivity contribution is 6.77. The molecule has 0 atom stereocenters. The summed E-state index contributed by atoms with van der Waals surface area (Å²) in [6.45, 7) is 2.06. The average molecular weight is 271 g/mol. The van der Waals surface area contributed by atoms with Crippen molar-refractivity contribution in [3.63, 3.8) is 0 Å². The van der Waals surface area contributed by atoms with Crippen LogP contribution in [0.25, 0.3) is 5.57 Å². The van der Waals surface area contributed by atoms with Crippen LogP contribution in [0.1, 0.15) is 25.6 Å². The first kappa shape index (κ1) is 12.3. The molecule has 6 heteroatoms. The highest BCUT2D eigenvalue weighted by Gasteiger charge is 2.19. The number of hydrogen-bond donors (Lipinski definition) is 0. The molecule has 0 saturated carbocycles. The molecule has 0 N–H and O–H groups in total. The average Bonchev–Trinajstić information content (AvgIpc) is 2.64. The zero-order chi connectivity index (χ0) is 12.4. The molecule has 17 heavy (non-hydrogen) atoms. The molecule has 0 aromatic carbocycles. The number of hydrogen-bond acceptors (Lipinski definition) is 3. The maximum absolute atomic E-state index is 6.28. The molecule has 0 radical (unpaired) electrons. The fourth-order valence-electron chi connectivity index (χ4n) is 1.54. The normalized spacial score (nSPS) is 16.7. The second kappa shape index (κ2) is 5.02. The zero-order valence-corrected chi connectivity index (χ0v) is 11.1. The molecule has 0 bridgehead atoms. The molecule has 1 aliphatic heterocycles. The molecule has 4 nitrogen and oxygen atoms in total. The summed E-state index contributed by atoms with van der Waals surface area (Å²) in [6.07, 6.45) is 4.91. The quantitative estimate of drug-likeness (QED) is 0.829. The number of halogens is 2. The van der Waals surface area contributed by atoms with Crippen LogP contribution in [0.3, 0.4) is 0 Å². The number of nitrogens with zero attached hydrogens (tertiary/aromatic N) is 4. The van der Waals surface area contributed by atoms with Gasteiger partial charge in [0.25, 0.3) is 0 Å². The Morgan fingerprint density at radius 2 is 2.18 bits per heavy atom. The molecule has 1 aromatic heterocycles. The van der Waals surface area contributed by atoms with E-state index in [1.54, 1.807) is 24.3 Å². The van der Waals surface area contributed by atoms with Gasteiger partial charge in [-0.3, -0.25) is 4.68 Å². The fourth-order valence-corrected chi connectivity index (χ4v) is 2.18. The number of aliphatic imine (C=N–C) groups is 1. The Morgan fingerprint density at radius 3 is 2.76 bits per heavy atom. The molecular formula is C11H12Cl2N4.